The van der Waals surface area contributed by atoms with E-state index >= 15 is 0 Å². The zero-order valence-electron chi connectivity index (χ0n) is 11.4. The van der Waals surface area contributed by atoms with Gasteiger partial charge < -0.3 is 5.32 Å². The first-order valence-electron chi connectivity index (χ1n) is 6.19. The summed E-state index contributed by atoms with van der Waals surface area (Å²) >= 11 is 2.87. The van der Waals surface area contributed by atoms with Crippen LogP contribution in [0.4, 0.5) is 10.8 Å². The van der Waals surface area contributed by atoms with Gasteiger partial charge in [-0.05, 0) is 12.1 Å². The molecule has 0 fully saturated rings. The van der Waals surface area contributed by atoms with E-state index in [4.69, 9.17) is 0 Å². The van der Waals surface area contributed by atoms with Crippen molar-refractivity contribution < 1.29 is 9.72 Å². The SMILES string of the molecule is C=CCSc1nnc(NCC(=O)c2ccc([N+](=O)[O-])cc2)s1. The van der Waals surface area contributed by atoms with E-state index in [1.54, 1.807) is 6.08 Å². The van der Waals surface area contributed by atoms with E-state index in [0.717, 1.165) is 10.1 Å². The maximum Gasteiger partial charge on any atom is 0.269 e. The van der Waals surface area contributed by atoms with E-state index in [9.17, 15) is 14.9 Å². The quantitative estimate of drug-likeness (QED) is 0.260. The molecule has 1 heterocycles. The van der Waals surface area contributed by atoms with E-state index in [2.05, 4.69) is 22.1 Å². The molecule has 0 spiro atoms. The van der Waals surface area contributed by atoms with Crippen LogP contribution in [0.15, 0.2) is 41.3 Å². The molecule has 1 aromatic carbocycles. The highest BCUT2D eigenvalue weighted by atomic mass is 32.2. The van der Waals surface area contributed by atoms with Crippen LogP contribution < -0.4 is 5.32 Å². The molecule has 0 saturated carbocycles. The molecule has 1 aromatic heterocycles. The lowest BCUT2D eigenvalue weighted by molar-refractivity contribution is -0.384. The number of anilines is 1. The van der Waals surface area contributed by atoms with Gasteiger partial charge in [-0.15, -0.1) is 16.8 Å². The standard InChI is InChI=1S/C13H12N4O3S2/c1-2-7-21-13-16-15-12(22-13)14-8-11(18)9-3-5-10(6-4-9)17(19)20/h2-6H,1,7-8H2,(H,14,15). The van der Waals surface area contributed by atoms with Crippen LogP contribution in [0.25, 0.3) is 0 Å². The summed E-state index contributed by atoms with van der Waals surface area (Å²) in [5.41, 5.74) is 0.362. The molecule has 0 radical (unpaired) electrons. The number of nitro benzene ring substituents is 1. The van der Waals surface area contributed by atoms with Crippen LogP contribution in [0.3, 0.4) is 0 Å². The minimum atomic E-state index is -0.504. The Morgan fingerprint density at radius 2 is 2.14 bits per heavy atom. The molecule has 0 saturated heterocycles. The largest absolute Gasteiger partial charge is 0.353 e. The maximum absolute atomic E-state index is 12.0. The molecule has 9 heteroatoms. The molecule has 7 nitrogen and oxygen atoms in total. The lowest BCUT2D eigenvalue weighted by Crippen LogP contribution is -2.13. The van der Waals surface area contributed by atoms with Crippen molar-refractivity contribution in [3.63, 3.8) is 0 Å². The van der Waals surface area contributed by atoms with Crippen molar-refractivity contribution in [3.05, 3.63) is 52.6 Å². The van der Waals surface area contributed by atoms with Crippen LogP contribution in [0.5, 0.6) is 0 Å². The average molecular weight is 336 g/mol. The number of carbonyl (C=O) groups excluding carboxylic acids is 1. The summed E-state index contributed by atoms with van der Waals surface area (Å²) < 4.78 is 0.796. The maximum atomic E-state index is 12.0. The molecule has 0 aliphatic carbocycles. The number of aromatic nitrogens is 2. The van der Waals surface area contributed by atoms with Gasteiger partial charge in [-0.2, -0.15) is 0 Å². The van der Waals surface area contributed by atoms with Gasteiger partial charge in [0.2, 0.25) is 5.13 Å². The molecule has 2 aromatic rings. The average Bonchev–Trinajstić information content (AvgIpc) is 2.98. The van der Waals surface area contributed by atoms with Gasteiger partial charge in [-0.25, -0.2) is 0 Å². The van der Waals surface area contributed by atoms with Crippen molar-refractivity contribution in [2.75, 3.05) is 17.6 Å². The minimum absolute atomic E-state index is 0.0440. The van der Waals surface area contributed by atoms with Crippen LogP contribution >= 0.6 is 23.1 Å². The molecule has 0 aliphatic heterocycles. The number of Topliss-reactive ketones (excluding diaryl/α,β-unsaturated/α-hetero) is 1. The number of nitrogens with zero attached hydrogens (tertiary/aromatic N) is 3. The number of non-ortho nitro benzene ring substituents is 1. The van der Waals surface area contributed by atoms with Gasteiger partial charge in [0, 0.05) is 23.4 Å². The Morgan fingerprint density at radius 3 is 2.77 bits per heavy atom. The Kier molecular flexibility index (Phi) is 5.61. The first kappa shape index (κ1) is 16.1. The predicted molar refractivity (Wildman–Crippen MR) is 86.7 cm³/mol. The Labute approximate surface area is 134 Å². The molecule has 0 unspecified atom stereocenters. The smallest absolute Gasteiger partial charge is 0.269 e. The Morgan fingerprint density at radius 1 is 1.41 bits per heavy atom. The minimum Gasteiger partial charge on any atom is -0.353 e. The molecular formula is C13H12N4O3S2. The molecular weight excluding hydrogens is 324 g/mol. The van der Waals surface area contributed by atoms with Gasteiger partial charge in [-0.1, -0.05) is 29.2 Å². The lowest BCUT2D eigenvalue weighted by Gasteiger charge is -2.01. The summed E-state index contributed by atoms with van der Waals surface area (Å²) in [5, 5.41) is 21.9. The number of thioether (sulfide) groups is 1. The summed E-state index contributed by atoms with van der Waals surface area (Å²) in [7, 11) is 0. The summed E-state index contributed by atoms with van der Waals surface area (Å²) in [6.07, 6.45) is 1.78. The molecule has 2 rings (SSSR count). The third kappa shape index (κ3) is 4.37. The molecule has 0 amide bonds. The van der Waals surface area contributed by atoms with Crippen LogP contribution in [0.2, 0.25) is 0 Å². The van der Waals surface area contributed by atoms with Crippen LogP contribution in [0, 0.1) is 10.1 Å². The number of nitrogens with one attached hydrogen (secondary N) is 1. The van der Waals surface area contributed by atoms with Crippen molar-refractivity contribution >= 4 is 39.7 Å². The fraction of sp³-hybridized carbons (Fsp3) is 0.154. The fourth-order valence-corrected chi connectivity index (χ4v) is 3.01. The topological polar surface area (TPSA) is 98.0 Å². The van der Waals surface area contributed by atoms with E-state index < -0.39 is 4.92 Å². The van der Waals surface area contributed by atoms with Crippen LogP contribution in [0.1, 0.15) is 10.4 Å². The summed E-state index contributed by atoms with van der Waals surface area (Å²) in [6, 6.07) is 5.49. The number of rotatable bonds is 8. The third-order valence-corrected chi connectivity index (χ3v) is 4.54. The monoisotopic (exact) mass is 336 g/mol. The molecule has 0 atom stereocenters. The zero-order chi connectivity index (χ0) is 15.9. The number of hydrogen-bond donors (Lipinski definition) is 1. The second kappa shape index (κ2) is 7.66. The third-order valence-electron chi connectivity index (χ3n) is 2.53. The number of ketones is 1. The summed E-state index contributed by atoms with van der Waals surface area (Å²) in [6.45, 7) is 3.68. The van der Waals surface area contributed by atoms with Crippen molar-refractivity contribution in [3.8, 4) is 0 Å². The second-order valence-corrected chi connectivity index (χ2v) is 6.30. The van der Waals surface area contributed by atoms with Gasteiger partial charge in [0.15, 0.2) is 10.1 Å². The van der Waals surface area contributed by atoms with Crippen molar-refractivity contribution in [1.29, 1.82) is 0 Å². The lowest BCUT2D eigenvalue weighted by atomic mass is 10.1. The highest BCUT2D eigenvalue weighted by Gasteiger charge is 2.11. The fourth-order valence-electron chi connectivity index (χ4n) is 1.50. The Bertz CT molecular complexity index is 685. The molecule has 114 valence electrons. The Balaban J connectivity index is 1.90. The van der Waals surface area contributed by atoms with E-state index in [1.807, 2.05) is 0 Å². The van der Waals surface area contributed by atoms with Crippen LogP contribution in [-0.4, -0.2) is 33.2 Å². The van der Waals surface area contributed by atoms with Crippen molar-refractivity contribution in [2.24, 2.45) is 0 Å². The normalized spacial score (nSPS) is 10.2. The number of carbonyl (C=O) groups is 1. The summed E-state index contributed by atoms with van der Waals surface area (Å²) in [5.74, 6) is 0.571. The zero-order valence-corrected chi connectivity index (χ0v) is 13.0. The van der Waals surface area contributed by atoms with Gasteiger partial charge in [0.25, 0.3) is 5.69 Å². The molecule has 1 N–H and O–H groups in total. The van der Waals surface area contributed by atoms with Gasteiger partial charge in [0.1, 0.15) is 0 Å². The highest BCUT2D eigenvalue weighted by molar-refractivity contribution is 8.01. The highest BCUT2D eigenvalue weighted by Crippen LogP contribution is 2.25. The van der Waals surface area contributed by atoms with Gasteiger partial charge >= 0.3 is 0 Å². The number of hydrogen-bond acceptors (Lipinski definition) is 8. The summed E-state index contributed by atoms with van der Waals surface area (Å²) in [4.78, 5) is 22.0. The number of benzene rings is 1. The van der Waals surface area contributed by atoms with E-state index in [1.165, 1.54) is 47.4 Å². The first-order chi connectivity index (χ1) is 10.6. The van der Waals surface area contributed by atoms with Gasteiger partial charge in [-0.3, -0.25) is 14.9 Å². The van der Waals surface area contributed by atoms with Crippen LogP contribution in [-0.2, 0) is 0 Å². The molecule has 0 aliphatic rings. The first-order valence-corrected chi connectivity index (χ1v) is 7.99. The predicted octanol–water partition coefficient (Wildman–Crippen LogP) is 3.02. The van der Waals surface area contributed by atoms with Crippen molar-refractivity contribution in [1.82, 2.24) is 10.2 Å². The van der Waals surface area contributed by atoms with Gasteiger partial charge in [0.05, 0.1) is 11.5 Å². The molecule has 22 heavy (non-hydrogen) atoms. The van der Waals surface area contributed by atoms with E-state index in [0.29, 0.717) is 10.7 Å². The number of nitro groups is 1. The van der Waals surface area contributed by atoms with Crippen molar-refractivity contribution in [2.45, 2.75) is 4.34 Å². The Hall–Kier alpha value is -2.26. The second-order valence-electron chi connectivity index (χ2n) is 4.05. The molecule has 0 bridgehead atoms. The van der Waals surface area contributed by atoms with E-state index in [-0.39, 0.29) is 18.0 Å².